The summed E-state index contributed by atoms with van der Waals surface area (Å²) in [6, 6.07) is 19.2. The zero-order chi connectivity index (χ0) is 18.8. The zero-order valence-corrected chi connectivity index (χ0v) is 16.6. The molecule has 0 atom stereocenters. The summed E-state index contributed by atoms with van der Waals surface area (Å²) >= 11 is 1.64. The van der Waals surface area contributed by atoms with E-state index in [0.29, 0.717) is 0 Å². The molecule has 28 heavy (non-hydrogen) atoms. The van der Waals surface area contributed by atoms with Crippen LogP contribution in [0.3, 0.4) is 0 Å². The van der Waals surface area contributed by atoms with Crippen LogP contribution in [-0.2, 0) is 13.0 Å². The van der Waals surface area contributed by atoms with Crippen molar-refractivity contribution in [3.05, 3.63) is 71.0 Å². The predicted octanol–water partition coefficient (Wildman–Crippen LogP) is 4.43. The van der Waals surface area contributed by atoms with Crippen molar-refractivity contribution in [2.45, 2.75) is 32.2 Å². The molecule has 0 spiro atoms. The highest BCUT2D eigenvalue weighted by molar-refractivity contribution is 7.16. The van der Waals surface area contributed by atoms with Gasteiger partial charge in [0.25, 0.3) is 0 Å². The molecule has 0 bridgehead atoms. The van der Waals surface area contributed by atoms with E-state index in [-0.39, 0.29) is 0 Å². The molecule has 2 aromatic carbocycles. The number of hydrogen-bond donors (Lipinski definition) is 0. The minimum atomic E-state index is 0.826. The number of rotatable bonds is 5. The molecule has 0 unspecified atom stereocenters. The van der Waals surface area contributed by atoms with Crippen LogP contribution in [0.15, 0.2) is 54.6 Å². The second-order valence-electron chi connectivity index (χ2n) is 7.38. The molecular weight excluding hydrogens is 366 g/mol. The first kappa shape index (κ1) is 17.5. The van der Waals surface area contributed by atoms with E-state index in [1.165, 1.54) is 36.0 Å². The lowest BCUT2D eigenvalue weighted by Gasteiger charge is -2.25. The molecule has 0 aliphatic carbocycles. The Balaban J connectivity index is 1.31. The first-order chi connectivity index (χ1) is 13.8. The van der Waals surface area contributed by atoms with Crippen molar-refractivity contribution < 1.29 is 0 Å². The van der Waals surface area contributed by atoms with Gasteiger partial charge in [0, 0.05) is 6.42 Å². The second kappa shape index (κ2) is 7.81. The maximum atomic E-state index is 4.80. The first-order valence-corrected chi connectivity index (χ1v) is 10.7. The van der Waals surface area contributed by atoms with Crippen LogP contribution >= 0.6 is 11.3 Å². The van der Waals surface area contributed by atoms with E-state index in [4.69, 9.17) is 5.10 Å². The molecule has 3 heterocycles. The van der Waals surface area contributed by atoms with Crippen molar-refractivity contribution in [1.29, 1.82) is 0 Å². The quantitative estimate of drug-likeness (QED) is 0.507. The number of nitrogens with zero attached hydrogens (tertiary/aromatic N) is 5. The molecule has 0 saturated carbocycles. The Morgan fingerprint density at radius 1 is 0.821 bits per heavy atom. The third-order valence-electron chi connectivity index (χ3n) is 5.33. The highest BCUT2D eigenvalue weighted by Crippen LogP contribution is 2.22. The van der Waals surface area contributed by atoms with E-state index in [2.05, 4.69) is 63.6 Å². The molecule has 5 rings (SSSR count). The second-order valence-corrected chi connectivity index (χ2v) is 8.42. The van der Waals surface area contributed by atoms with E-state index in [1.807, 2.05) is 10.6 Å². The first-order valence-electron chi connectivity index (χ1n) is 9.92. The van der Waals surface area contributed by atoms with E-state index < -0.39 is 0 Å². The van der Waals surface area contributed by atoms with Crippen LogP contribution in [0.1, 0.15) is 35.7 Å². The maximum Gasteiger partial charge on any atom is 0.234 e. The Bertz CT molecular complexity index is 1050. The number of fused-ring (bicyclic) bond motifs is 1. The van der Waals surface area contributed by atoms with Gasteiger partial charge in [-0.2, -0.15) is 9.61 Å². The van der Waals surface area contributed by atoms with Gasteiger partial charge in [0.1, 0.15) is 5.01 Å². The fourth-order valence-electron chi connectivity index (χ4n) is 3.80. The van der Waals surface area contributed by atoms with Crippen LogP contribution in [0.25, 0.3) is 16.1 Å². The fraction of sp³-hybridized carbons (Fsp3) is 0.318. The van der Waals surface area contributed by atoms with Gasteiger partial charge in [-0.05, 0) is 42.6 Å². The summed E-state index contributed by atoms with van der Waals surface area (Å²) in [5, 5.41) is 14.6. The van der Waals surface area contributed by atoms with Crippen molar-refractivity contribution >= 4 is 16.3 Å². The van der Waals surface area contributed by atoms with Gasteiger partial charge in [-0.15, -0.1) is 10.2 Å². The van der Waals surface area contributed by atoms with E-state index in [9.17, 15) is 0 Å². The van der Waals surface area contributed by atoms with Gasteiger partial charge >= 0.3 is 0 Å². The number of piperidine rings is 1. The fourth-order valence-corrected chi connectivity index (χ4v) is 4.69. The standard InChI is InChI=1S/C22H23N5S/c1-3-7-18(8-4-1)19-11-9-17(10-12-19)15-21-25-27-20(23-24-22(27)28-21)16-26-13-5-2-6-14-26/h1,3-4,7-12H,2,5-6,13-16H2. The van der Waals surface area contributed by atoms with Crippen LogP contribution in [-0.4, -0.2) is 37.8 Å². The third kappa shape index (κ3) is 3.70. The highest BCUT2D eigenvalue weighted by atomic mass is 32.1. The van der Waals surface area contributed by atoms with E-state index >= 15 is 0 Å². The van der Waals surface area contributed by atoms with Gasteiger partial charge in [-0.25, -0.2) is 0 Å². The average molecular weight is 390 g/mol. The molecule has 1 aliphatic heterocycles. The molecule has 0 amide bonds. The van der Waals surface area contributed by atoms with Crippen molar-refractivity contribution in [3.63, 3.8) is 0 Å². The van der Waals surface area contributed by atoms with Gasteiger partial charge in [-0.3, -0.25) is 4.90 Å². The number of benzene rings is 2. The molecule has 6 heteroatoms. The Kier molecular flexibility index (Phi) is 4.89. The molecule has 1 aliphatic rings. The minimum absolute atomic E-state index is 0.826. The Hall–Kier alpha value is -2.57. The smallest absolute Gasteiger partial charge is 0.234 e. The average Bonchev–Trinajstić information content (AvgIpc) is 3.31. The summed E-state index contributed by atoms with van der Waals surface area (Å²) in [6.07, 6.45) is 4.73. The van der Waals surface area contributed by atoms with Gasteiger partial charge in [0.2, 0.25) is 4.96 Å². The van der Waals surface area contributed by atoms with Gasteiger partial charge in [0.15, 0.2) is 5.82 Å². The van der Waals surface area contributed by atoms with Gasteiger partial charge in [0.05, 0.1) is 6.54 Å². The van der Waals surface area contributed by atoms with Crippen molar-refractivity contribution in [2.75, 3.05) is 13.1 Å². The molecule has 4 aromatic rings. The molecule has 5 nitrogen and oxygen atoms in total. The van der Waals surface area contributed by atoms with Crippen LogP contribution < -0.4 is 0 Å². The molecule has 0 radical (unpaired) electrons. The predicted molar refractivity (Wildman–Crippen MR) is 112 cm³/mol. The minimum Gasteiger partial charge on any atom is -0.296 e. The van der Waals surface area contributed by atoms with E-state index in [1.54, 1.807) is 11.3 Å². The normalized spacial score (nSPS) is 15.3. The Morgan fingerprint density at radius 3 is 2.36 bits per heavy atom. The molecule has 142 valence electrons. The largest absolute Gasteiger partial charge is 0.296 e. The maximum absolute atomic E-state index is 4.80. The topological polar surface area (TPSA) is 46.3 Å². The summed E-state index contributed by atoms with van der Waals surface area (Å²) in [7, 11) is 0. The highest BCUT2D eigenvalue weighted by Gasteiger charge is 2.17. The monoisotopic (exact) mass is 389 g/mol. The number of hydrogen-bond acceptors (Lipinski definition) is 5. The Labute approximate surface area is 168 Å². The lowest BCUT2D eigenvalue weighted by atomic mass is 10.0. The Morgan fingerprint density at radius 2 is 1.57 bits per heavy atom. The molecule has 1 fully saturated rings. The molecule has 1 saturated heterocycles. The van der Waals surface area contributed by atoms with Crippen LogP contribution in [0.5, 0.6) is 0 Å². The number of likely N-dealkylation sites (tertiary alicyclic amines) is 1. The summed E-state index contributed by atoms with van der Waals surface area (Å²) < 4.78 is 1.94. The zero-order valence-electron chi connectivity index (χ0n) is 15.8. The van der Waals surface area contributed by atoms with Crippen LogP contribution in [0.2, 0.25) is 0 Å². The van der Waals surface area contributed by atoms with Crippen LogP contribution in [0.4, 0.5) is 0 Å². The molecule has 0 N–H and O–H groups in total. The lowest BCUT2D eigenvalue weighted by molar-refractivity contribution is 0.214. The third-order valence-corrected chi connectivity index (χ3v) is 6.23. The van der Waals surface area contributed by atoms with Gasteiger partial charge < -0.3 is 0 Å². The van der Waals surface area contributed by atoms with Crippen molar-refractivity contribution in [3.8, 4) is 11.1 Å². The van der Waals surface area contributed by atoms with Gasteiger partial charge in [-0.1, -0.05) is 72.4 Å². The molecular formula is C22H23N5S. The van der Waals surface area contributed by atoms with E-state index in [0.717, 1.165) is 41.8 Å². The molecule has 2 aromatic heterocycles. The number of aromatic nitrogens is 4. The summed E-state index contributed by atoms with van der Waals surface area (Å²) in [4.78, 5) is 3.35. The summed E-state index contributed by atoms with van der Waals surface area (Å²) in [5.41, 5.74) is 3.75. The van der Waals surface area contributed by atoms with Crippen molar-refractivity contribution in [1.82, 2.24) is 24.7 Å². The van der Waals surface area contributed by atoms with Crippen LogP contribution in [0, 0.1) is 0 Å². The summed E-state index contributed by atoms with van der Waals surface area (Å²) in [6.45, 7) is 3.15. The SMILES string of the molecule is c1ccc(-c2ccc(Cc3nn4c(CN5CCCCC5)nnc4s3)cc2)cc1. The van der Waals surface area contributed by atoms with Crippen molar-refractivity contribution in [2.24, 2.45) is 0 Å². The summed E-state index contributed by atoms with van der Waals surface area (Å²) in [5.74, 6) is 0.957. The lowest BCUT2D eigenvalue weighted by Crippen LogP contribution is -2.30.